The van der Waals surface area contributed by atoms with E-state index in [0.29, 0.717) is 16.6 Å². The maximum absolute atomic E-state index is 12.0. The summed E-state index contributed by atoms with van der Waals surface area (Å²) in [7, 11) is 0. The first-order chi connectivity index (χ1) is 9.06. The molecule has 2 aromatic rings. The Morgan fingerprint density at radius 2 is 2.37 bits per heavy atom. The number of nitrogens with one attached hydrogen (secondary N) is 3. The van der Waals surface area contributed by atoms with Gasteiger partial charge in [0.05, 0.1) is 11.3 Å². The van der Waals surface area contributed by atoms with Crippen molar-refractivity contribution in [3.63, 3.8) is 0 Å². The number of hydrogen-bond acceptors (Lipinski definition) is 3. The quantitative estimate of drug-likeness (QED) is 0.749. The van der Waals surface area contributed by atoms with E-state index in [4.69, 9.17) is 12.2 Å². The smallest absolute Gasteiger partial charge is 0.254 e. The largest absolute Gasteiger partial charge is 0.352 e. The molecule has 0 radical (unpaired) electrons. The molecule has 0 aliphatic carbocycles. The van der Waals surface area contributed by atoms with Crippen LogP contribution in [0.4, 0.5) is 0 Å². The average molecular weight is 276 g/mol. The van der Waals surface area contributed by atoms with Gasteiger partial charge in [0.15, 0.2) is 0 Å². The normalized spacial score (nSPS) is 12.1. The SMILES string of the molecule is Cc1cc(CC(C)NC(=O)c2ccc[nH]c2=S)n[nH]1. The van der Waals surface area contributed by atoms with Gasteiger partial charge in [-0.3, -0.25) is 9.89 Å². The van der Waals surface area contributed by atoms with Crippen molar-refractivity contribution >= 4 is 18.1 Å². The minimum Gasteiger partial charge on any atom is -0.352 e. The number of carbonyl (C=O) groups is 1. The molecule has 0 aliphatic rings. The summed E-state index contributed by atoms with van der Waals surface area (Å²) in [6.45, 7) is 3.89. The Morgan fingerprint density at radius 1 is 1.58 bits per heavy atom. The van der Waals surface area contributed by atoms with Crippen LogP contribution in [0.2, 0.25) is 0 Å². The van der Waals surface area contributed by atoms with Gasteiger partial charge in [0.25, 0.3) is 5.91 Å². The standard InChI is InChI=1S/C13H16N4OS/c1-8(6-10-7-9(2)16-17-10)15-12(18)11-4-3-5-14-13(11)19/h3-5,7-8H,6H2,1-2H3,(H,14,19)(H,15,18)(H,16,17). The Kier molecular flexibility index (Phi) is 4.11. The van der Waals surface area contributed by atoms with Crippen LogP contribution in [-0.4, -0.2) is 27.1 Å². The maximum Gasteiger partial charge on any atom is 0.254 e. The van der Waals surface area contributed by atoms with Crippen molar-refractivity contribution in [2.24, 2.45) is 0 Å². The van der Waals surface area contributed by atoms with E-state index in [1.807, 2.05) is 19.9 Å². The molecule has 0 aromatic carbocycles. The molecule has 0 fully saturated rings. The molecular weight excluding hydrogens is 260 g/mol. The molecule has 2 heterocycles. The van der Waals surface area contributed by atoms with E-state index in [1.165, 1.54) is 0 Å². The number of nitrogens with zero attached hydrogens (tertiary/aromatic N) is 1. The van der Waals surface area contributed by atoms with Gasteiger partial charge in [0.2, 0.25) is 0 Å². The molecule has 0 spiro atoms. The Balaban J connectivity index is 1.99. The van der Waals surface area contributed by atoms with Gasteiger partial charge < -0.3 is 10.3 Å². The molecule has 100 valence electrons. The summed E-state index contributed by atoms with van der Waals surface area (Å²) in [5.41, 5.74) is 2.44. The van der Waals surface area contributed by atoms with Crippen molar-refractivity contribution in [3.05, 3.63) is 46.0 Å². The molecule has 1 atom stereocenters. The fourth-order valence-electron chi connectivity index (χ4n) is 1.85. The second-order valence-electron chi connectivity index (χ2n) is 4.53. The van der Waals surface area contributed by atoms with E-state index < -0.39 is 0 Å². The highest BCUT2D eigenvalue weighted by Gasteiger charge is 2.12. The number of pyridine rings is 1. The van der Waals surface area contributed by atoms with E-state index >= 15 is 0 Å². The monoisotopic (exact) mass is 276 g/mol. The van der Waals surface area contributed by atoms with Crippen LogP contribution in [0.1, 0.15) is 28.7 Å². The highest BCUT2D eigenvalue weighted by Crippen LogP contribution is 2.04. The third kappa shape index (κ3) is 3.51. The lowest BCUT2D eigenvalue weighted by Crippen LogP contribution is -2.34. The maximum atomic E-state index is 12.0. The van der Waals surface area contributed by atoms with E-state index in [-0.39, 0.29) is 11.9 Å². The number of H-pyrrole nitrogens is 2. The van der Waals surface area contributed by atoms with Crippen molar-refractivity contribution in [1.82, 2.24) is 20.5 Å². The number of aromatic nitrogens is 3. The third-order valence-electron chi connectivity index (χ3n) is 2.71. The molecule has 1 unspecified atom stereocenters. The molecule has 3 N–H and O–H groups in total. The van der Waals surface area contributed by atoms with Gasteiger partial charge in [-0.25, -0.2) is 0 Å². The van der Waals surface area contributed by atoms with Gasteiger partial charge in [-0.05, 0) is 32.0 Å². The number of carbonyl (C=O) groups excluding carboxylic acids is 1. The van der Waals surface area contributed by atoms with Gasteiger partial charge in [-0.1, -0.05) is 12.2 Å². The Hall–Kier alpha value is -1.95. The zero-order valence-electron chi connectivity index (χ0n) is 10.9. The van der Waals surface area contributed by atoms with E-state index in [0.717, 1.165) is 11.4 Å². The van der Waals surface area contributed by atoms with Crippen LogP contribution in [0.25, 0.3) is 0 Å². The number of aromatic amines is 2. The Morgan fingerprint density at radius 3 is 3.00 bits per heavy atom. The molecular formula is C13H16N4OS. The fraction of sp³-hybridized carbons (Fsp3) is 0.308. The molecule has 19 heavy (non-hydrogen) atoms. The zero-order valence-corrected chi connectivity index (χ0v) is 11.7. The molecule has 6 heteroatoms. The molecule has 1 amide bonds. The first kappa shape index (κ1) is 13.5. The molecule has 0 aliphatic heterocycles. The van der Waals surface area contributed by atoms with Crippen LogP contribution < -0.4 is 5.32 Å². The van der Waals surface area contributed by atoms with Crippen molar-refractivity contribution in [2.75, 3.05) is 0 Å². The minimum absolute atomic E-state index is 0.00944. The van der Waals surface area contributed by atoms with Crippen LogP contribution in [0.5, 0.6) is 0 Å². The number of hydrogen-bond donors (Lipinski definition) is 3. The van der Waals surface area contributed by atoms with Crippen LogP contribution in [0.3, 0.4) is 0 Å². The van der Waals surface area contributed by atoms with Crippen LogP contribution in [0, 0.1) is 11.6 Å². The van der Waals surface area contributed by atoms with Gasteiger partial charge in [-0.15, -0.1) is 0 Å². The van der Waals surface area contributed by atoms with Gasteiger partial charge in [0.1, 0.15) is 4.64 Å². The lowest BCUT2D eigenvalue weighted by atomic mass is 10.1. The lowest BCUT2D eigenvalue weighted by Gasteiger charge is -2.12. The number of aryl methyl sites for hydroxylation is 1. The Labute approximate surface area is 116 Å². The van der Waals surface area contributed by atoms with Crippen molar-refractivity contribution in [2.45, 2.75) is 26.3 Å². The van der Waals surface area contributed by atoms with Gasteiger partial charge >= 0.3 is 0 Å². The number of amides is 1. The molecule has 5 nitrogen and oxygen atoms in total. The summed E-state index contributed by atoms with van der Waals surface area (Å²) in [4.78, 5) is 14.9. The molecule has 0 saturated carbocycles. The predicted molar refractivity (Wildman–Crippen MR) is 75.6 cm³/mol. The average Bonchev–Trinajstić information content (AvgIpc) is 2.74. The molecule has 0 bridgehead atoms. The van der Waals surface area contributed by atoms with Crippen LogP contribution in [0.15, 0.2) is 24.4 Å². The highest BCUT2D eigenvalue weighted by atomic mass is 32.1. The van der Waals surface area contributed by atoms with E-state index in [1.54, 1.807) is 18.3 Å². The van der Waals surface area contributed by atoms with Crippen LogP contribution >= 0.6 is 12.2 Å². The highest BCUT2D eigenvalue weighted by molar-refractivity contribution is 7.71. The summed E-state index contributed by atoms with van der Waals surface area (Å²) >= 11 is 5.08. The summed E-state index contributed by atoms with van der Waals surface area (Å²) < 4.78 is 0.447. The van der Waals surface area contributed by atoms with Gasteiger partial charge in [-0.2, -0.15) is 5.10 Å². The van der Waals surface area contributed by atoms with Crippen LogP contribution in [-0.2, 0) is 6.42 Å². The Bertz CT molecular complexity index is 631. The van der Waals surface area contributed by atoms with Gasteiger partial charge in [0, 0.05) is 24.4 Å². The van der Waals surface area contributed by atoms with E-state index in [9.17, 15) is 4.79 Å². The number of rotatable bonds is 4. The predicted octanol–water partition coefficient (Wildman–Crippen LogP) is 2.14. The minimum atomic E-state index is -0.165. The lowest BCUT2D eigenvalue weighted by molar-refractivity contribution is 0.0939. The second-order valence-corrected chi connectivity index (χ2v) is 4.94. The second kappa shape index (κ2) is 5.79. The molecule has 0 saturated heterocycles. The first-order valence-corrected chi connectivity index (χ1v) is 6.46. The summed E-state index contributed by atoms with van der Waals surface area (Å²) in [6, 6.07) is 5.42. The van der Waals surface area contributed by atoms with Crippen molar-refractivity contribution < 1.29 is 4.79 Å². The topological polar surface area (TPSA) is 73.6 Å². The van der Waals surface area contributed by atoms with E-state index in [2.05, 4.69) is 20.5 Å². The summed E-state index contributed by atoms with van der Waals surface area (Å²) in [5, 5.41) is 9.95. The summed E-state index contributed by atoms with van der Waals surface area (Å²) in [5.74, 6) is -0.165. The molecule has 2 rings (SSSR count). The molecule has 2 aromatic heterocycles. The third-order valence-corrected chi connectivity index (χ3v) is 3.05. The van der Waals surface area contributed by atoms with Crippen molar-refractivity contribution in [1.29, 1.82) is 0 Å². The first-order valence-electron chi connectivity index (χ1n) is 6.05. The summed E-state index contributed by atoms with van der Waals surface area (Å²) in [6.07, 6.45) is 2.38. The van der Waals surface area contributed by atoms with Crippen molar-refractivity contribution in [3.8, 4) is 0 Å². The fourth-order valence-corrected chi connectivity index (χ4v) is 2.07. The zero-order chi connectivity index (χ0) is 13.8.